The van der Waals surface area contributed by atoms with E-state index in [1.165, 1.54) is 0 Å². The first-order valence-electron chi connectivity index (χ1n) is 7.43. The predicted molar refractivity (Wildman–Crippen MR) is 71.9 cm³/mol. The van der Waals surface area contributed by atoms with Gasteiger partial charge in [-0.25, -0.2) is 0 Å². The summed E-state index contributed by atoms with van der Waals surface area (Å²) in [6, 6.07) is 0. The molecule has 5 unspecified atom stereocenters. The Bertz CT molecular complexity index is 428. The number of amides is 1. The van der Waals surface area contributed by atoms with Gasteiger partial charge < -0.3 is 15.2 Å². The molecule has 1 saturated carbocycles. The number of ether oxygens (including phenoxy) is 1. The molecule has 1 saturated heterocycles. The van der Waals surface area contributed by atoms with Crippen molar-refractivity contribution in [2.45, 2.75) is 19.3 Å². The summed E-state index contributed by atoms with van der Waals surface area (Å²) < 4.78 is 5.30. The number of aliphatic carboxylic acids is 1. The molecule has 5 atom stereocenters. The standard InChI is InChI=1S/C15H21NO4/c17-14(16-5-3-9-4-6-20-8-9)12-10-1-2-11(7-10)13(12)15(18)19/h1-2,9-13H,3-8H2,(H,16,17)(H,18,19). The van der Waals surface area contributed by atoms with E-state index in [1.807, 2.05) is 12.2 Å². The zero-order valence-corrected chi connectivity index (χ0v) is 11.5. The normalized spacial score (nSPS) is 38.3. The van der Waals surface area contributed by atoms with E-state index in [1.54, 1.807) is 0 Å². The molecular formula is C15H21NO4. The monoisotopic (exact) mass is 279 g/mol. The molecule has 5 nitrogen and oxygen atoms in total. The number of fused-ring (bicyclic) bond motifs is 2. The number of carboxylic acid groups (broad SMARTS) is 1. The molecule has 1 aliphatic heterocycles. The first kappa shape index (κ1) is 13.6. The highest BCUT2D eigenvalue weighted by Crippen LogP contribution is 2.48. The van der Waals surface area contributed by atoms with Crippen LogP contribution in [-0.4, -0.2) is 36.7 Å². The molecule has 2 bridgehead atoms. The molecule has 2 N–H and O–H groups in total. The van der Waals surface area contributed by atoms with Gasteiger partial charge in [-0.2, -0.15) is 0 Å². The number of carboxylic acids is 1. The summed E-state index contributed by atoms with van der Waals surface area (Å²) in [5, 5.41) is 12.3. The topological polar surface area (TPSA) is 75.6 Å². The van der Waals surface area contributed by atoms with Crippen molar-refractivity contribution < 1.29 is 19.4 Å². The fourth-order valence-electron chi connectivity index (χ4n) is 3.84. The highest BCUT2D eigenvalue weighted by Gasteiger charge is 2.51. The Balaban J connectivity index is 1.53. The molecule has 0 aromatic carbocycles. The van der Waals surface area contributed by atoms with Gasteiger partial charge >= 0.3 is 5.97 Å². The van der Waals surface area contributed by atoms with E-state index in [0.29, 0.717) is 12.5 Å². The Morgan fingerprint density at radius 3 is 2.65 bits per heavy atom. The average Bonchev–Trinajstić information content (AvgIpc) is 3.13. The minimum Gasteiger partial charge on any atom is -0.481 e. The molecule has 110 valence electrons. The van der Waals surface area contributed by atoms with Crippen molar-refractivity contribution in [2.24, 2.45) is 29.6 Å². The minimum absolute atomic E-state index is 0.0384. The van der Waals surface area contributed by atoms with Gasteiger partial charge in [0.05, 0.1) is 11.8 Å². The quantitative estimate of drug-likeness (QED) is 0.738. The molecule has 0 aromatic rings. The summed E-state index contributed by atoms with van der Waals surface area (Å²) in [4.78, 5) is 23.6. The van der Waals surface area contributed by atoms with Crippen LogP contribution in [-0.2, 0) is 14.3 Å². The van der Waals surface area contributed by atoms with E-state index < -0.39 is 11.9 Å². The van der Waals surface area contributed by atoms with Crippen molar-refractivity contribution in [2.75, 3.05) is 19.8 Å². The van der Waals surface area contributed by atoms with Crippen LogP contribution >= 0.6 is 0 Å². The van der Waals surface area contributed by atoms with Gasteiger partial charge in [0.25, 0.3) is 0 Å². The van der Waals surface area contributed by atoms with E-state index in [2.05, 4.69) is 5.32 Å². The van der Waals surface area contributed by atoms with Crippen LogP contribution in [0.2, 0.25) is 0 Å². The Morgan fingerprint density at radius 1 is 1.25 bits per heavy atom. The fraction of sp³-hybridized carbons (Fsp3) is 0.733. The van der Waals surface area contributed by atoms with Crippen LogP contribution in [0.15, 0.2) is 12.2 Å². The van der Waals surface area contributed by atoms with Gasteiger partial charge in [-0.3, -0.25) is 9.59 Å². The molecule has 1 amide bonds. The second kappa shape index (κ2) is 5.56. The number of carbonyl (C=O) groups excluding carboxylic acids is 1. The lowest BCUT2D eigenvalue weighted by atomic mass is 9.82. The summed E-state index contributed by atoms with van der Waals surface area (Å²) in [5.41, 5.74) is 0. The highest BCUT2D eigenvalue weighted by molar-refractivity contribution is 5.86. The third-order valence-corrected chi connectivity index (χ3v) is 4.92. The van der Waals surface area contributed by atoms with Gasteiger partial charge in [0.15, 0.2) is 0 Å². The van der Waals surface area contributed by atoms with Crippen molar-refractivity contribution in [1.82, 2.24) is 5.32 Å². The first-order chi connectivity index (χ1) is 9.66. The Morgan fingerprint density at radius 2 is 2.00 bits per heavy atom. The van der Waals surface area contributed by atoms with Crippen LogP contribution in [0.4, 0.5) is 0 Å². The maximum Gasteiger partial charge on any atom is 0.307 e. The summed E-state index contributed by atoms with van der Waals surface area (Å²) in [7, 11) is 0. The van der Waals surface area contributed by atoms with Crippen LogP contribution in [0.25, 0.3) is 0 Å². The molecule has 5 heteroatoms. The Kier molecular flexibility index (Phi) is 3.78. The van der Waals surface area contributed by atoms with Gasteiger partial charge in [-0.05, 0) is 37.0 Å². The maximum absolute atomic E-state index is 12.3. The van der Waals surface area contributed by atoms with E-state index in [4.69, 9.17) is 4.74 Å². The van der Waals surface area contributed by atoms with Crippen molar-refractivity contribution in [1.29, 1.82) is 0 Å². The van der Waals surface area contributed by atoms with E-state index in [9.17, 15) is 14.7 Å². The number of rotatable bonds is 5. The minimum atomic E-state index is -0.841. The van der Waals surface area contributed by atoms with Crippen LogP contribution in [0.3, 0.4) is 0 Å². The van der Waals surface area contributed by atoms with Gasteiger partial charge in [-0.1, -0.05) is 12.2 Å². The number of hydrogen-bond donors (Lipinski definition) is 2. The number of allylic oxidation sites excluding steroid dienone is 2. The SMILES string of the molecule is O=C(O)C1C2C=CC(C2)C1C(=O)NCCC1CCOC1. The van der Waals surface area contributed by atoms with Gasteiger partial charge in [0.2, 0.25) is 5.91 Å². The van der Waals surface area contributed by atoms with Crippen LogP contribution in [0.5, 0.6) is 0 Å². The van der Waals surface area contributed by atoms with E-state index >= 15 is 0 Å². The van der Waals surface area contributed by atoms with Crippen LogP contribution in [0.1, 0.15) is 19.3 Å². The molecule has 3 aliphatic rings. The van der Waals surface area contributed by atoms with Gasteiger partial charge in [-0.15, -0.1) is 0 Å². The smallest absolute Gasteiger partial charge is 0.307 e. The number of carbonyl (C=O) groups is 2. The molecule has 1 heterocycles. The largest absolute Gasteiger partial charge is 0.481 e. The lowest BCUT2D eigenvalue weighted by Gasteiger charge is -2.24. The molecule has 0 aromatic heterocycles. The predicted octanol–water partition coefficient (Wildman–Crippen LogP) is 1.05. The van der Waals surface area contributed by atoms with Gasteiger partial charge in [0.1, 0.15) is 0 Å². The summed E-state index contributed by atoms with van der Waals surface area (Å²) in [6.07, 6.45) is 6.76. The fourth-order valence-corrected chi connectivity index (χ4v) is 3.84. The van der Waals surface area contributed by atoms with Crippen molar-refractivity contribution in [3.05, 3.63) is 12.2 Å². The Hall–Kier alpha value is -1.36. The molecule has 0 radical (unpaired) electrons. The molecule has 2 aliphatic carbocycles. The van der Waals surface area contributed by atoms with E-state index in [0.717, 1.165) is 32.5 Å². The zero-order valence-electron chi connectivity index (χ0n) is 11.5. The average molecular weight is 279 g/mol. The number of nitrogens with one attached hydrogen (secondary N) is 1. The lowest BCUT2D eigenvalue weighted by Crippen LogP contribution is -2.40. The van der Waals surface area contributed by atoms with E-state index in [-0.39, 0.29) is 23.7 Å². The van der Waals surface area contributed by atoms with Crippen molar-refractivity contribution >= 4 is 11.9 Å². The summed E-state index contributed by atoms with van der Waals surface area (Å²) >= 11 is 0. The highest BCUT2D eigenvalue weighted by atomic mass is 16.5. The second-order valence-corrected chi connectivity index (χ2v) is 6.15. The number of hydrogen-bond acceptors (Lipinski definition) is 3. The lowest BCUT2D eigenvalue weighted by molar-refractivity contribution is -0.147. The summed E-state index contributed by atoms with van der Waals surface area (Å²) in [5.74, 6) is -1.18. The van der Waals surface area contributed by atoms with Crippen LogP contribution < -0.4 is 5.32 Å². The zero-order chi connectivity index (χ0) is 14.1. The third kappa shape index (κ3) is 2.46. The molecule has 20 heavy (non-hydrogen) atoms. The molecule has 0 spiro atoms. The van der Waals surface area contributed by atoms with Crippen molar-refractivity contribution in [3.63, 3.8) is 0 Å². The maximum atomic E-state index is 12.3. The molecular weight excluding hydrogens is 258 g/mol. The van der Waals surface area contributed by atoms with Crippen LogP contribution in [0, 0.1) is 29.6 Å². The van der Waals surface area contributed by atoms with Gasteiger partial charge in [0, 0.05) is 19.8 Å². The molecule has 2 fully saturated rings. The van der Waals surface area contributed by atoms with Crippen molar-refractivity contribution in [3.8, 4) is 0 Å². The first-order valence-corrected chi connectivity index (χ1v) is 7.43. The summed E-state index contributed by atoms with van der Waals surface area (Å²) in [6.45, 7) is 2.22. The molecule has 3 rings (SSSR count). The third-order valence-electron chi connectivity index (χ3n) is 4.92. The Labute approximate surface area is 118 Å². The second-order valence-electron chi connectivity index (χ2n) is 6.15.